The molecule has 0 spiro atoms. The van der Waals surface area contributed by atoms with E-state index >= 15 is 0 Å². The predicted octanol–water partition coefficient (Wildman–Crippen LogP) is 3.38. The van der Waals surface area contributed by atoms with E-state index in [0.717, 1.165) is 11.1 Å². The number of nitrogens with one attached hydrogen (secondary N) is 1. The molecule has 0 fully saturated rings. The lowest BCUT2D eigenvalue weighted by Gasteiger charge is -2.14. The zero-order valence-electron chi connectivity index (χ0n) is 10.7. The second-order valence-electron chi connectivity index (χ2n) is 4.48. The quantitative estimate of drug-likeness (QED) is 0.891. The van der Waals surface area contributed by atoms with Crippen molar-refractivity contribution < 1.29 is 4.39 Å². The lowest BCUT2D eigenvalue weighted by molar-refractivity contribution is 0.543. The fourth-order valence-corrected chi connectivity index (χ4v) is 1.85. The van der Waals surface area contributed by atoms with E-state index in [1.54, 1.807) is 12.3 Å². The summed E-state index contributed by atoms with van der Waals surface area (Å²) in [6.07, 6.45) is 3.57. The van der Waals surface area contributed by atoms with Gasteiger partial charge in [-0.2, -0.15) is 0 Å². The first-order valence-electron chi connectivity index (χ1n) is 6.05. The first kappa shape index (κ1) is 12.7. The number of halogens is 1. The molecule has 1 aromatic heterocycles. The van der Waals surface area contributed by atoms with E-state index in [4.69, 9.17) is 0 Å². The highest BCUT2D eigenvalue weighted by Crippen LogP contribution is 2.14. The minimum Gasteiger partial charge on any atom is -0.306 e. The normalized spacial score (nSPS) is 12.4. The number of pyridine rings is 1. The summed E-state index contributed by atoms with van der Waals surface area (Å²) in [5.74, 6) is -0.161. The van der Waals surface area contributed by atoms with Crippen LogP contribution in [0.4, 0.5) is 4.39 Å². The highest BCUT2D eigenvalue weighted by molar-refractivity contribution is 5.24. The van der Waals surface area contributed by atoms with Crippen LogP contribution in [0.1, 0.15) is 29.7 Å². The molecule has 1 N–H and O–H groups in total. The van der Waals surface area contributed by atoms with Crippen LogP contribution in [-0.4, -0.2) is 4.98 Å². The molecule has 0 amide bonds. The summed E-state index contributed by atoms with van der Waals surface area (Å²) < 4.78 is 13.6. The Morgan fingerprint density at radius 2 is 2.17 bits per heavy atom. The predicted molar refractivity (Wildman–Crippen MR) is 70.6 cm³/mol. The molecule has 0 unspecified atom stereocenters. The molecule has 0 aliphatic rings. The maximum Gasteiger partial charge on any atom is 0.127 e. The standard InChI is InChI=1S/C15H17FN2/c1-11-5-6-15(16)14(8-11)10-18-12(2)13-4-3-7-17-9-13/h3-9,12,18H,10H2,1-2H3/t12-/m1/s1. The molecule has 0 radical (unpaired) electrons. The Bertz CT molecular complexity index is 511. The number of benzene rings is 1. The number of nitrogens with zero attached hydrogens (tertiary/aromatic N) is 1. The Morgan fingerprint density at radius 1 is 1.33 bits per heavy atom. The second-order valence-corrected chi connectivity index (χ2v) is 4.48. The molecular formula is C15H17FN2. The topological polar surface area (TPSA) is 24.9 Å². The van der Waals surface area contributed by atoms with Gasteiger partial charge in [0, 0.05) is 30.5 Å². The van der Waals surface area contributed by atoms with Crippen LogP contribution in [0.2, 0.25) is 0 Å². The van der Waals surface area contributed by atoms with Crippen molar-refractivity contribution in [2.75, 3.05) is 0 Å². The zero-order chi connectivity index (χ0) is 13.0. The number of rotatable bonds is 4. The van der Waals surface area contributed by atoms with E-state index in [-0.39, 0.29) is 11.9 Å². The van der Waals surface area contributed by atoms with E-state index in [0.29, 0.717) is 12.1 Å². The SMILES string of the molecule is Cc1ccc(F)c(CN[C@H](C)c2cccnc2)c1. The van der Waals surface area contributed by atoms with Crippen LogP contribution >= 0.6 is 0 Å². The fraction of sp³-hybridized carbons (Fsp3) is 0.267. The molecule has 1 heterocycles. The third kappa shape index (κ3) is 3.14. The van der Waals surface area contributed by atoms with Crippen molar-refractivity contribution >= 4 is 0 Å². The molecule has 0 aliphatic carbocycles. The van der Waals surface area contributed by atoms with E-state index in [1.807, 2.05) is 38.2 Å². The summed E-state index contributed by atoms with van der Waals surface area (Å²) in [6, 6.07) is 9.24. The Hall–Kier alpha value is -1.74. The van der Waals surface area contributed by atoms with Gasteiger partial charge in [0.1, 0.15) is 5.82 Å². The molecule has 0 saturated carbocycles. The van der Waals surface area contributed by atoms with E-state index < -0.39 is 0 Å². The van der Waals surface area contributed by atoms with Crippen molar-refractivity contribution in [1.29, 1.82) is 0 Å². The number of aromatic nitrogens is 1. The summed E-state index contributed by atoms with van der Waals surface area (Å²) in [6.45, 7) is 4.53. The number of hydrogen-bond acceptors (Lipinski definition) is 2. The number of aryl methyl sites for hydroxylation is 1. The van der Waals surface area contributed by atoms with E-state index in [1.165, 1.54) is 6.07 Å². The van der Waals surface area contributed by atoms with Crippen molar-refractivity contribution in [3.8, 4) is 0 Å². The molecule has 94 valence electrons. The second kappa shape index (κ2) is 5.74. The minimum absolute atomic E-state index is 0.151. The molecule has 2 rings (SSSR count). The number of hydrogen-bond donors (Lipinski definition) is 1. The Labute approximate surface area is 107 Å². The van der Waals surface area contributed by atoms with Gasteiger partial charge in [0.15, 0.2) is 0 Å². The van der Waals surface area contributed by atoms with Crippen LogP contribution in [0.15, 0.2) is 42.7 Å². The van der Waals surface area contributed by atoms with Gasteiger partial charge in [-0.25, -0.2) is 4.39 Å². The largest absolute Gasteiger partial charge is 0.306 e. The molecule has 18 heavy (non-hydrogen) atoms. The maximum absolute atomic E-state index is 13.6. The summed E-state index contributed by atoms with van der Waals surface area (Å²) in [7, 11) is 0. The maximum atomic E-state index is 13.6. The molecule has 0 saturated heterocycles. The van der Waals surface area contributed by atoms with Crippen molar-refractivity contribution in [3.05, 3.63) is 65.2 Å². The molecule has 2 aromatic rings. The third-order valence-electron chi connectivity index (χ3n) is 2.98. The van der Waals surface area contributed by atoms with Gasteiger partial charge in [0.25, 0.3) is 0 Å². The van der Waals surface area contributed by atoms with Crippen LogP contribution in [0, 0.1) is 12.7 Å². The monoisotopic (exact) mass is 244 g/mol. The summed E-state index contributed by atoms with van der Waals surface area (Å²) in [5.41, 5.74) is 2.87. The van der Waals surface area contributed by atoms with E-state index in [9.17, 15) is 4.39 Å². The van der Waals surface area contributed by atoms with Crippen LogP contribution in [-0.2, 0) is 6.54 Å². The van der Waals surface area contributed by atoms with Crippen LogP contribution in [0.5, 0.6) is 0 Å². The van der Waals surface area contributed by atoms with Gasteiger partial charge in [-0.1, -0.05) is 23.8 Å². The highest BCUT2D eigenvalue weighted by atomic mass is 19.1. The fourth-order valence-electron chi connectivity index (χ4n) is 1.85. The smallest absolute Gasteiger partial charge is 0.127 e. The third-order valence-corrected chi connectivity index (χ3v) is 2.98. The lowest BCUT2D eigenvalue weighted by atomic mass is 10.1. The van der Waals surface area contributed by atoms with Gasteiger partial charge < -0.3 is 5.32 Å². The average Bonchev–Trinajstić information content (AvgIpc) is 2.40. The van der Waals surface area contributed by atoms with Crippen molar-refractivity contribution in [2.24, 2.45) is 0 Å². The molecule has 0 bridgehead atoms. The average molecular weight is 244 g/mol. The summed E-state index contributed by atoms with van der Waals surface area (Å²) in [5, 5.41) is 3.30. The molecule has 1 atom stereocenters. The van der Waals surface area contributed by atoms with Crippen LogP contribution < -0.4 is 5.32 Å². The van der Waals surface area contributed by atoms with Gasteiger partial charge in [-0.15, -0.1) is 0 Å². The summed E-state index contributed by atoms with van der Waals surface area (Å²) in [4.78, 5) is 4.08. The molecule has 1 aromatic carbocycles. The van der Waals surface area contributed by atoms with Crippen LogP contribution in [0.25, 0.3) is 0 Å². The Balaban J connectivity index is 2.01. The Kier molecular flexibility index (Phi) is 4.05. The first-order valence-corrected chi connectivity index (χ1v) is 6.05. The van der Waals surface area contributed by atoms with Gasteiger partial charge >= 0.3 is 0 Å². The van der Waals surface area contributed by atoms with Crippen molar-refractivity contribution in [2.45, 2.75) is 26.4 Å². The minimum atomic E-state index is -0.161. The zero-order valence-corrected chi connectivity index (χ0v) is 10.7. The molecule has 0 aliphatic heterocycles. The van der Waals surface area contributed by atoms with Gasteiger partial charge in [-0.05, 0) is 31.5 Å². The molecular weight excluding hydrogens is 227 g/mol. The highest BCUT2D eigenvalue weighted by Gasteiger charge is 2.07. The molecule has 2 nitrogen and oxygen atoms in total. The Morgan fingerprint density at radius 3 is 2.89 bits per heavy atom. The van der Waals surface area contributed by atoms with Crippen molar-refractivity contribution in [1.82, 2.24) is 10.3 Å². The molecule has 3 heteroatoms. The van der Waals surface area contributed by atoms with Gasteiger partial charge in [-0.3, -0.25) is 4.98 Å². The lowest BCUT2D eigenvalue weighted by Crippen LogP contribution is -2.19. The first-order chi connectivity index (χ1) is 8.66. The van der Waals surface area contributed by atoms with Gasteiger partial charge in [0.05, 0.1) is 0 Å². The van der Waals surface area contributed by atoms with E-state index in [2.05, 4.69) is 10.3 Å². The van der Waals surface area contributed by atoms with Crippen molar-refractivity contribution in [3.63, 3.8) is 0 Å². The summed E-state index contributed by atoms with van der Waals surface area (Å²) >= 11 is 0. The van der Waals surface area contributed by atoms with Gasteiger partial charge in [0.2, 0.25) is 0 Å². The van der Waals surface area contributed by atoms with Crippen LogP contribution in [0.3, 0.4) is 0 Å².